The van der Waals surface area contributed by atoms with Gasteiger partial charge >= 0.3 is 5.69 Å². The highest BCUT2D eigenvalue weighted by atomic mass is 19.1. The second-order valence-corrected chi connectivity index (χ2v) is 5.04. The van der Waals surface area contributed by atoms with Gasteiger partial charge in [-0.05, 0) is 24.8 Å². The Balaban J connectivity index is 2.05. The average molecular weight is 252 g/mol. The van der Waals surface area contributed by atoms with Gasteiger partial charge in [0.05, 0.1) is 4.92 Å². The summed E-state index contributed by atoms with van der Waals surface area (Å²) in [5.41, 5.74) is 0.148. The first-order valence-corrected chi connectivity index (χ1v) is 6.26. The van der Waals surface area contributed by atoms with E-state index in [0.29, 0.717) is 17.6 Å². The Labute approximate surface area is 105 Å². The van der Waals surface area contributed by atoms with Crippen LogP contribution >= 0.6 is 0 Å². The fraction of sp³-hybridized carbons (Fsp3) is 0.538. The number of nitro benzene ring substituents is 1. The van der Waals surface area contributed by atoms with Gasteiger partial charge in [0.25, 0.3) is 0 Å². The third-order valence-corrected chi connectivity index (χ3v) is 3.45. The van der Waals surface area contributed by atoms with Crippen molar-refractivity contribution >= 4 is 11.4 Å². The maximum absolute atomic E-state index is 13.5. The minimum atomic E-state index is -0.783. The first-order chi connectivity index (χ1) is 8.56. The highest BCUT2D eigenvalue weighted by molar-refractivity contribution is 5.50. The van der Waals surface area contributed by atoms with E-state index in [4.69, 9.17) is 0 Å². The Morgan fingerprint density at radius 3 is 2.83 bits per heavy atom. The smallest absolute Gasteiger partial charge is 0.304 e. The van der Waals surface area contributed by atoms with E-state index in [-0.39, 0.29) is 0 Å². The molecular formula is C13H17FN2O2. The molecule has 1 aliphatic rings. The summed E-state index contributed by atoms with van der Waals surface area (Å²) >= 11 is 0. The van der Waals surface area contributed by atoms with Gasteiger partial charge in [0, 0.05) is 23.9 Å². The maximum Gasteiger partial charge on any atom is 0.304 e. The van der Waals surface area contributed by atoms with Gasteiger partial charge in [-0.3, -0.25) is 10.1 Å². The van der Waals surface area contributed by atoms with E-state index in [2.05, 4.69) is 12.2 Å². The van der Waals surface area contributed by atoms with E-state index < -0.39 is 16.4 Å². The van der Waals surface area contributed by atoms with Crippen LogP contribution in [0, 0.1) is 21.8 Å². The van der Waals surface area contributed by atoms with Gasteiger partial charge in [0.15, 0.2) is 0 Å². The Kier molecular flexibility index (Phi) is 3.79. The van der Waals surface area contributed by atoms with Gasteiger partial charge in [0.1, 0.15) is 0 Å². The lowest BCUT2D eigenvalue weighted by Crippen LogP contribution is -2.26. The largest absolute Gasteiger partial charge is 0.382 e. The third-order valence-electron chi connectivity index (χ3n) is 3.45. The summed E-state index contributed by atoms with van der Waals surface area (Å²) in [5, 5.41) is 13.8. The van der Waals surface area contributed by atoms with E-state index >= 15 is 0 Å². The molecule has 0 aliphatic heterocycles. The van der Waals surface area contributed by atoms with Gasteiger partial charge in [-0.25, -0.2) is 0 Å². The third kappa shape index (κ3) is 2.97. The highest BCUT2D eigenvalue weighted by Gasteiger charge is 2.20. The molecule has 1 N–H and O–H groups in total. The average Bonchev–Trinajstić information content (AvgIpc) is 2.28. The van der Waals surface area contributed by atoms with Crippen LogP contribution in [0.1, 0.15) is 32.6 Å². The Hall–Kier alpha value is -1.65. The van der Waals surface area contributed by atoms with Crippen LogP contribution in [0.4, 0.5) is 15.8 Å². The van der Waals surface area contributed by atoms with E-state index in [9.17, 15) is 14.5 Å². The van der Waals surface area contributed by atoms with Gasteiger partial charge in [0.2, 0.25) is 5.82 Å². The first kappa shape index (κ1) is 12.8. The molecule has 0 radical (unpaired) electrons. The summed E-state index contributed by atoms with van der Waals surface area (Å²) in [6.45, 7) is 2.21. The number of nitro groups is 1. The predicted octanol–water partition coefficient (Wildman–Crippen LogP) is 3.72. The second kappa shape index (κ2) is 5.33. The Bertz CT molecular complexity index is 451. The van der Waals surface area contributed by atoms with Crippen LogP contribution in [0.2, 0.25) is 0 Å². The number of benzene rings is 1. The summed E-state index contributed by atoms with van der Waals surface area (Å²) in [6.07, 6.45) is 4.56. The van der Waals surface area contributed by atoms with Crippen molar-refractivity contribution in [2.24, 2.45) is 5.92 Å². The normalized spacial score (nSPS) is 23.7. The number of hydrogen-bond donors (Lipinski definition) is 1. The molecule has 18 heavy (non-hydrogen) atoms. The van der Waals surface area contributed by atoms with Crippen LogP contribution in [-0.4, -0.2) is 11.0 Å². The summed E-state index contributed by atoms with van der Waals surface area (Å²) in [7, 11) is 0. The molecule has 2 rings (SSSR count). The molecule has 98 valence electrons. The molecule has 0 spiro atoms. The zero-order valence-corrected chi connectivity index (χ0v) is 10.4. The Morgan fingerprint density at radius 1 is 1.44 bits per heavy atom. The fourth-order valence-corrected chi connectivity index (χ4v) is 2.55. The topological polar surface area (TPSA) is 55.2 Å². The lowest BCUT2D eigenvalue weighted by atomic mass is 9.87. The molecule has 0 bridgehead atoms. The van der Waals surface area contributed by atoms with E-state index in [1.807, 2.05) is 0 Å². The van der Waals surface area contributed by atoms with Crippen molar-refractivity contribution in [3.63, 3.8) is 0 Å². The molecule has 0 aromatic heterocycles. The Morgan fingerprint density at radius 2 is 2.22 bits per heavy atom. The minimum absolute atomic E-state index is 0.342. The number of halogens is 1. The second-order valence-electron chi connectivity index (χ2n) is 5.04. The molecule has 4 nitrogen and oxygen atoms in total. The van der Waals surface area contributed by atoms with Gasteiger partial charge < -0.3 is 5.32 Å². The van der Waals surface area contributed by atoms with Crippen molar-refractivity contribution in [2.45, 2.75) is 38.6 Å². The molecule has 0 amide bonds. The predicted molar refractivity (Wildman–Crippen MR) is 68.1 cm³/mol. The molecule has 0 saturated heterocycles. The van der Waals surface area contributed by atoms with E-state index in [1.165, 1.54) is 25.0 Å². The number of nitrogens with one attached hydrogen (secondary N) is 1. The van der Waals surface area contributed by atoms with Crippen molar-refractivity contribution in [3.05, 3.63) is 34.1 Å². The summed E-state index contributed by atoms with van der Waals surface area (Å²) in [4.78, 5) is 9.80. The molecule has 0 heterocycles. The molecule has 5 heteroatoms. The molecule has 1 aromatic carbocycles. The van der Waals surface area contributed by atoms with Gasteiger partial charge in [-0.2, -0.15) is 4.39 Å². The number of nitrogens with zero attached hydrogens (tertiary/aromatic N) is 1. The summed E-state index contributed by atoms with van der Waals surface area (Å²) in [6, 6.07) is 4.33. The molecule has 2 atom stereocenters. The lowest BCUT2D eigenvalue weighted by Gasteiger charge is -2.28. The van der Waals surface area contributed by atoms with Crippen LogP contribution in [-0.2, 0) is 0 Å². The van der Waals surface area contributed by atoms with Crippen LogP contribution in [0.25, 0.3) is 0 Å². The summed E-state index contributed by atoms with van der Waals surface area (Å²) < 4.78 is 13.5. The SMILES string of the molecule is CC1CCCC(Nc2ccc([N+](=O)[O-])c(F)c2)C1. The maximum atomic E-state index is 13.5. The van der Waals surface area contributed by atoms with Crippen LogP contribution in [0.5, 0.6) is 0 Å². The van der Waals surface area contributed by atoms with Crippen molar-refractivity contribution in [3.8, 4) is 0 Å². The van der Waals surface area contributed by atoms with Crippen LogP contribution in [0.3, 0.4) is 0 Å². The van der Waals surface area contributed by atoms with Crippen LogP contribution in [0.15, 0.2) is 18.2 Å². The van der Waals surface area contributed by atoms with E-state index in [1.54, 1.807) is 6.07 Å². The van der Waals surface area contributed by atoms with Gasteiger partial charge in [-0.15, -0.1) is 0 Å². The monoisotopic (exact) mass is 252 g/mol. The zero-order valence-electron chi connectivity index (χ0n) is 10.4. The van der Waals surface area contributed by atoms with Crippen molar-refractivity contribution < 1.29 is 9.31 Å². The minimum Gasteiger partial charge on any atom is -0.382 e. The van der Waals surface area contributed by atoms with Crippen LogP contribution < -0.4 is 5.32 Å². The molecule has 2 unspecified atom stereocenters. The summed E-state index contributed by atoms with van der Waals surface area (Å²) in [5.74, 6) is -0.104. The fourth-order valence-electron chi connectivity index (χ4n) is 2.55. The first-order valence-electron chi connectivity index (χ1n) is 6.26. The van der Waals surface area contributed by atoms with Crippen molar-refractivity contribution in [2.75, 3.05) is 5.32 Å². The molecule has 1 aromatic rings. The highest BCUT2D eigenvalue weighted by Crippen LogP contribution is 2.27. The molecule has 1 saturated carbocycles. The number of hydrogen-bond acceptors (Lipinski definition) is 3. The molecule has 1 fully saturated rings. The standard InChI is InChI=1S/C13H17FN2O2/c1-9-3-2-4-10(7-9)15-11-5-6-13(16(17)18)12(14)8-11/h5-6,8-10,15H,2-4,7H2,1H3. The molecular weight excluding hydrogens is 235 g/mol. The number of rotatable bonds is 3. The van der Waals surface area contributed by atoms with Crippen molar-refractivity contribution in [1.82, 2.24) is 0 Å². The van der Waals surface area contributed by atoms with E-state index in [0.717, 1.165) is 12.8 Å². The lowest BCUT2D eigenvalue weighted by molar-refractivity contribution is -0.387. The van der Waals surface area contributed by atoms with Crippen molar-refractivity contribution in [1.29, 1.82) is 0 Å². The van der Waals surface area contributed by atoms with Gasteiger partial charge in [-0.1, -0.05) is 19.8 Å². The molecule has 1 aliphatic carbocycles. The quantitative estimate of drug-likeness (QED) is 0.658. The number of anilines is 1. The zero-order chi connectivity index (χ0) is 13.1.